The SMILES string of the molecule is Cc1ccc(C)c(S(=O)(=O)N2CCN(C)CC2C)c1N. The monoisotopic (exact) mass is 297 g/mol. The number of aryl methyl sites for hydroxylation is 2. The highest BCUT2D eigenvalue weighted by atomic mass is 32.2. The summed E-state index contributed by atoms with van der Waals surface area (Å²) in [5, 5.41) is 0. The lowest BCUT2D eigenvalue weighted by Gasteiger charge is -2.37. The number of nitrogens with two attached hydrogens (primary N) is 1. The number of hydrogen-bond donors (Lipinski definition) is 1. The van der Waals surface area contributed by atoms with Crippen LogP contribution in [-0.4, -0.2) is 50.3 Å². The van der Waals surface area contributed by atoms with Gasteiger partial charge in [0.25, 0.3) is 0 Å². The van der Waals surface area contributed by atoms with Gasteiger partial charge in [0.15, 0.2) is 0 Å². The molecule has 0 bridgehead atoms. The van der Waals surface area contributed by atoms with Gasteiger partial charge in [-0.05, 0) is 38.9 Å². The molecule has 0 aromatic heterocycles. The molecule has 2 N–H and O–H groups in total. The lowest BCUT2D eigenvalue weighted by Crippen LogP contribution is -2.52. The topological polar surface area (TPSA) is 66.6 Å². The minimum Gasteiger partial charge on any atom is -0.397 e. The molecule has 5 nitrogen and oxygen atoms in total. The average molecular weight is 297 g/mol. The molecule has 2 rings (SSSR count). The van der Waals surface area contributed by atoms with Crippen molar-refractivity contribution >= 4 is 15.7 Å². The minimum atomic E-state index is -3.54. The van der Waals surface area contributed by atoms with Crippen LogP contribution >= 0.6 is 0 Å². The first-order valence-electron chi connectivity index (χ1n) is 6.81. The van der Waals surface area contributed by atoms with E-state index in [0.29, 0.717) is 17.8 Å². The molecule has 20 heavy (non-hydrogen) atoms. The standard InChI is InChI=1S/C14H23N3O2S/c1-10-5-6-11(2)14(13(10)15)20(18,19)17-8-7-16(4)9-12(17)3/h5-6,12H,7-9,15H2,1-4H3. The first-order valence-corrected chi connectivity index (χ1v) is 8.25. The van der Waals surface area contributed by atoms with Gasteiger partial charge < -0.3 is 10.6 Å². The molecule has 6 heteroatoms. The van der Waals surface area contributed by atoms with E-state index in [1.54, 1.807) is 11.2 Å². The lowest BCUT2D eigenvalue weighted by atomic mass is 10.1. The predicted octanol–water partition coefficient (Wildman–Crippen LogP) is 1.21. The van der Waals surface area contributed by atoms with Gasteiger partial charge in [-0.1, -0.05) is 12.1 Å². The van der Waals surface area contributed by atoms with Gasteiger partial charge in [-0.25, -0.2) is 8.42 Å². The molecule has 1 aliphatic heterocycles. The van der Waals surface area contributed by atoms with Gasteiger partial charge >= 0.3 is 0 Å². The molecule has 0 aliphatic carbocycles. The van der Waals surface area contributed by atoms with Gasteiger partial charge in [0, 0.05) is 25.7 Å². The van der Waals surface area contributed by atoms with Crippen LogP contribution in [0.25, 0.3) is 0 Å². The molecular formula is C14H23N3O2S. The van der Waals surface area contributed by atoms with Crippen molar-refractivity contribution in [3.8, 4) is 0 Å². The molecule has 1 atom stereocenters. The molecule has 0 spiro atoms. The highest BCUT2D eigenvalue weighted by Gasteiger charge is 2.34. The van der Waals surface area contributed by atoms with Crippen molar-refractivity contribution in [1.82, 2.24) is 9.21 Å². The lowest BCUT2D eigenvalue weighted by molar-refractivity contribution is 0.170. The molecule has 0 radical (unpaired) electrons. The third-order valence-electron chi connectivity index (χ3n) is 3.95. The first kappa shape index (κ1) is 15.3. The molecule has 1 aromatic carbocycles. The number of sulfonamides is 1. The van der Waals surface area contributed by atoms with Gasteiger partial charge in [-0.3, -0.25) is 0 Å². The number of anilines is 1. The second kappa shape index (κ2) is 5.35. The molecule has 0 amide bonds. The van der Waals surface area contributed by atoms with E-state index in [9.17, 15) is 8.42 Å². The summed E-state index contributed by atoms with van der Waals surface area (Å²) in [6.07, 6.45) is 0. The van der Waals surface area contributed by atoms with Crippen LogP contribution in [0.2, 0.25) is 0 Å². The number of benzene rings is 1. The zero-order valence-electron chi connectivity index (χ0n) is 12.5. The van der Waals surface area contributed by atoms with E-state index in [1.807, 2.05) is 33.0 Å². The van der Waals surface area contributed by atoms with Gasteiger partial charge in [0.1, 0.15) is 4.90 Å². The Kier molecular flexibility index (Phi) is 4.09. The zero-order chi connectivity index (χ0) is 15.1. The Morgan fingerprint density at radius 3 is 2.40 bits per heavy atom. The van der Waals surface area contributed by atoms with Crippen LogP contribution in [0.15, 0.2) is 17.0 Å². The van der Waals surface area contributed by atoms with Crippen molar-refractivity contribution in [2.24, 2.45) is 0 Å². The van der Waals surface area contributed by atoms with E-state index in [1.165, 1.54) is 0 Å². The van der Waals surface area contributed by atoms with Crippen LogP contribution < -0.4 is 5.73 Å². The quantitative estimate of drug-likeness (QED) is 0.833. The fourth-order valence-corrected chi connectivity index (χ4v) is 4.76. The second-order valence-corrected chi connectivity index (χ2v) is 7.50. The summed E-state index contributed by atoms with van der Waals surface area (Å²) in [5.74, 6) is 0. The summed E-state index contributed by atoms with van der Waals surface area (Å²) in [4.78, 5) is 2.41. The number of nitrogens with zero attached hydrogens (tertiary/aromatic N) is 2. The number of likely N-dealkylation sites (N-methyl/N-ethyl adjacent to an activating group) is 1. The fraction of sp³-hybridized carbons (Fsp3) is 0.571. The summed E-state index contributed by atoms with van der Waals surface area (Å²) < 4.78 is 27.4. The van der Waals surface area contributed by atoms with Gasteiger partial charge in [0.05, 0.1) is 5.69 Å². The Hall–Kier alpha value is -1.11. The maximum atomic E-state index is 12.9. The van der Waals surface area contributed by atoms with Crippen molar-refractivity contribution in [3.05, 3.63) is 23.3 Å². The van der Waals surface area contributed by atoms with Crippen LogP contribution in [0.5, 0.6) is 0 Å². The number of hydrogen-bond acceptors (Lipinski definition) is 4. The number of rotatable bonds is 2. The van der Waals surface area contributed by atoms with Crippen molar-refractivity contribution in [1.29, 1.82) is 0 Å². The Labute approximate surface area is 121 Å². The van der Waals surface area contributed by atoms with E-state index >= 15 is 0 Å². The summed E-state index contributed by atoms with van der Waals surface area (Å²) in [7, 11) is -1.53. The molecule has 1 aromatic rings. The van der Waals surface area contributed by atoms with Gasteiger partial charge in [-0.15, -0.1) is 0 Å². The van der Waals surface area contributed by atoms with E-state index in [0.717, 1.165) is 18.7 Å². The maximum Gasteiger partial charge on any atom is 0.245 e. The van der Waals surface area contributed by atoms with Crippen LogP contribution in [0, 0.1) is 13.8 Å². The first-order chi connectivity index (χ1) is 9.25. The Bertz CT molecular complexity index is 613. The molecule has 1 heterocycles. The normalized spacial score (nSPS) is 22.1. The Morgan fingerprint density at radius 2 is 1.80 bits per heavy atom. The van der Waals surface area contributed by atoms with Crippen molar-refractivity contribution in [2.75, 3.05) is 32.4 Å². The highest BCUT2D eigenvalue weighted by molar-refractivity contribution is 7.89. The molecule has 1 fully saturated rings. The third-order valence-corrected chi connectivity index (χ3v) is 6.16. The van der Waals surface area contributed by atoms with Crippen molar-refractivity contribution < 1.29 is 8.42 Å². The smallest absolute Gasteiger partial charge is 0.245 e. The molecule has 0 saturated carbocycles. The largest absolute Gasteiger partial charge is 0.397 e. The van der Waals surface area contributed by atoms with E-state index < -0.39 is 10.0 Å². The van der Waals surface area contributed by atoms with Gasteiger partial charge in [0.2, 0.25) is 10.0 Å². The second-order valence-electron chi connectivity index (χ2n) is 5.67. The number of piperazine rings is 1. The third kappa shape index (κ3) is 2.55. The Morgan fingerprint density at radius 1 is 1.20 bits per heavy atom. The average Bonchev–Trinajstić information content (AvgIpc) is 2.33. The fourth-order valence-electron chi connectivity index (χ4n) is 2.75. The maximum absolute atomic E-state index is 12.9. The summed E-state index contributed by atoms with van der Waals surface area (Å²) in [6.45, 7) is 7.56. The van der Waals surface area contributed by atoms with E-state index in [-0.39, 0.29) is 10.9 Å². The number of nitrogen functional groups attached to an aromatic ring is 1. The molecule has 112 valence electrons. The predicted molar refractivity (Wildman–Crippen MR) is 81.2 cm³/mol. The Balaban J connectivity index is 2.49. The molecule has 1 aliphatic rings. The summed E-state index contributed by atoms with van der Waals surface area (Å²) in [6, 6.07) is 3.63. The zero-order valence-corrected chi connectivity index (χ0v) is 13.4. The van der Waals surface area contributed by atoms with Crippen LogP contribution in [0.4, 0.5) is 5.69 Å². The van der Waals surface area contributed by atoms with E-state index in [4.69, 9.17) is 5.73 Å². The van der Waals surface area contributed by atoms with Crippen LogP contribution in [0.1, 0.15) is 18.1 Å². The van der Waals surface area contributed by atoms with Crippen molar-refractivity contribution in [2.45, 2.75) is 31.7 Å². The molecular weight excluding hydrogens is 274 g/mol. The highest BCUT2D eigenvalue weighted by Crippen LogP contribution is 2.30. The molecule has 1 saturated heterocycles. The molecule has 1 unspecified atom stereocenters. The summed E-state index contributed by atoms with van der Waals surface area (Å²) in [5.41, 5.74) is 7.91. The van der Waals surface area contributed by atoms with Crippen LogP contribution in [0.3, 0.4) is 0 Å². The minimum absolute atomic E-state index is 0.0435. The summed E-state index contributed by atoms with van der Waals surface area (Å²) >= 11 is 0. The van der Waals surface area contributed by atoms with Gasteiger partial charge in [-0.2, -0.15) is 4.31 Å². The van der Waals surface area contributed by atoms with Crippen LogP contribution in [-0.2, 0) is 10.0 Å². The van der Waals surface area contributed by atoms with E-state index in [2.05, 4.69) is 4.90 Å². The van der Waals surface area contributed by atoms with Crippen molar-refractivity contribution in [3.63, 3.8) is 0 Å².